The molecule has 2 aliphatic rings. The number of hydrogen-bond acceptors (Lipinski definition) is 4. The standard InChI is InChI=1S/C24H19FN2O3/c1-15-10-12-18(13-11-15)26-23(28)20-21(16-6-5-7-17(25)14-16)27(30-22(20)24(26)29)19-8-3-2-4-9-19/h2-14,20-22H,1H3/t20-,21-,22-/m0/s1. The van der Waals surface area contributed by atoms with Crippen molar-refractivity contribution in [2.75, 3.05) is 9.96 Å². The third kappa shape index (κ3) is 2.88. The third-order valence-electron chi connectivity index (χ3n) is 5.61. The largest absolute Gasteiger partial charge is 0.273 e. The van der Waals surface area contributed by atoms with Gasteiger partial charge in [-0.3, -0.25) is 14.4 Å². The normalized spacial score (nSPS) is 23.2. The molecule has 3 aromatic carbocycles. The van der Waals surface area contributed by atoms with Crippen molar-refractivity contribution in [1.29, 1.82) is 0 Å². The molecule has 0 unspecified atom stereocenters. The molecule has 3 aromatic rings. The van der Waals surface area contributed by atoms with Crippen LogP contribution in [-0.4, -0.2) is 17.9 Å². The minimum absolute atomic E-state index is 0.346. The SMILES string of the molecule is Cc1ccc(N2C(=O)[C@@H]3[C@H](ON(c4ccccc4)[C@H]3c3cccc(F)c3)C2=O)cc1. The summed E-state index contributed by atoms with van der Waals surface area (Å²) in [6.45, 7) is 1.94. The topological polar surface area (TPSA) is 49.9 Å². The van der Waals surface area contributed by atoms with E-state index in [1.54, 1.807) is 29.3 Å². The number of hydroxylamine groups is 1. The molecule has 150 valence electrons. The van der Waals surface area contributed by atoms with E-state index in [0.29, 0.717) is 16.9 Å². The second kappa shape index (κ2) is 7.07. The van der Waals surface area contributed by atoms with E-state index < -0.39 is 29.8 Å². The zero-order chi connectivity index (χ0) is 20.8. The van der Waals surface area contributed by atoms with Crippen LogP contribution in [0.25, 0.3) is 0 Å². The Labute approximate surface area is 173 Å². The molecule has 5 nitrogen and oxygen atoms in total. The van der Waals surface area contributed by atoms with Gasteiger partial charge >= 0.3 is 0 Å². The number of benzene rings is 3. The summed E-state index contributed by atoms with van der Waals surface area (Å²) < 4.78 is 14.0. The van der Waals surface area contributed by atoms with Gasteiger partial charge in [-0.25, -0.2) is 14.4 Å². The van der Waals surface area contributed by atoms with Crippen LogP contribution < -0.4 is 9.96 Å². The first kappa shape index (κ1) is 18.5. The van der Waals surface area contributed by atoms with Gasteiger partial charge in [-0.1, -0.05) is 48.0 Å². The molecule has 2 aliphatic heterocycles. The van der Waals surface area contributed by atoms with Crippen molar-refractivity contribution in [1.82, 2.24) is 0 Å². The Morgan fingerprint density at radius 1 is 0.833 bits per heavy atom. The van der Waals surface area contributed by atoms with Gasteiger partial charge in [0.2, 0.25) is 5.91 Å². The highest BCUT2D eigenvalue weighted by molar-refractivity contribution is 6.23. The molecule has 30 heavy (non-hydrogen) atoms. The highest BCUT2D eigenvalue weighted by atomic mass is 19.1. The second-order valence-electron chi connectivity index (χ2n) is 7.56. The van der Waals surface area contributed by atoms with Crippen LogP contribution in [0.3, 0.4) is 0 Å². The number of anilines is 2. The predicted molar refractivity (Wildman–Crippen MR) is 110 cm³/mol. The minimum atomic E-state index is -0.965. The molecule has 0 spiro atoms. The number of nitrogens with zero attached hydrogens (tertiary/aromatic N) is 2. The molecule has 6 heteroatoms. The Hall–Kier alpha value is -3.51. The van der Waals surface area contributed by atoms with E-state index in [9.17, 15) is 14.0 Å². The summed E-state index contributed by atoms with van der Waals surface area (Å²) in [5, 5.41) is 1.56. The van der Waals surface area contributed by atoms with Crippen molar-refractivity contribution in [2.45, 2.75) is 19.1 Å². The molecule has 0 aliphatic carbocycles. The van der Waals surface area contributed by atoms with E-state index in [2.05, 4.69) is 0 Å². The number of para-hydroxylation sites is 1. The summed E-state index contributed by atoms with van der Waals surface area (Å²) in [5.74, 6) is -1.94. The molecule has 2 amide bonds. The van der Waals surface area contributed by atoms with Crippen LogP contribution in [0.15, 0.2) is 78.9 Å². The molecule has 2 fully saturated rings. The van der Waals surface area contributed by atoms with Gasteiger partial charge in [0.25, 0.3) is 5.91 Å². The molecule has 2 saturated heterocycles. The van der Waals surface area contributed by atoms with Crippen LogP contribution in [0.2, 0.25) is 0 Å². The van der Waals surface area contributed by atoms with Gasteiger partial charge in [0, 0.05) is 0 Å². The number of hydrogen-bond donors (Lipinski definition) is 0. The average molecular weight is 402 g/mol. The lowest BCUT2D eigenvalue weighted by Crippen LogP contribution is -2.37. The van der Waals surface area contributed by atoms with Crippen LogP contribution in [0.4, 0.5) is 15.8 Å². The van der Waals surface area contributed by atoms with Gasteiger partial charge in [-0.15, -0.1) is 0 Å². The summed E-state index contributed by atoms with van der Waals surface area (Å²) in [7, 11) is 0. The number of fused-ring (bicyclic) bond motifs is 1. The van der Waals surface area contributed by atoms with Crippen LogP contribution >= 0.6 is 0 Å². The van der Waals surface area contributed by atoms with Crippen LogP contribution in [-0.2, 0) is 14.4 Å². The van der Waals surface area contributed by atoms with Gasteiger partial charge in [0.15, 0.2) is 6.10 Å². The Morgan fingerprint density at radius 3 is 2.27 bits per heavy atom. The highest BCUT2D eigenvalue weighted by Gasteiger charge is 2.60. The molecule has 2 heterocycles. The van der Waals surface area contributed by atoms with Crippen molar-refractivity contribution in [3.63, 3.8) is 0 Å². The van der Waals surface area contributed by atoms with E-state index in [1.165, 1.54) is 17.0 Å². The van der Waals surface area contributed by atoms with Crippen LogP contribution in [0.5, 0.6) is 0 Å². The van der Waals surface area contributed by atoms with Crippen molar-refractivity contribution in [2.24, 2.45) is 5.92 Å². The Balaban J connectivity index is 1.59. The number of imide groups is 1. The Kier molecular flexibility index (Phi) is 4.37. The molecular weight excluding hydrogens is 383 g/mol. The van der Waals surface area contributed by atoms with Crippen molar-refractivity contribution in [3.05, 3.63) is 95.8 Å². The maximum absolute atomic E-state index is 14.0. The molecule has 0 aromatic heterocycles. The lowest BCUT2D eigenvalue weighted by Gasteiger charge is -2.28. The predicted octanol–water partition coefficient (Wildman–Crippen LogP) is 4.19. The first-order valence-corrected chi connectivity index (χ1v) is 9.75. The van der Waals surface area contributed by atoms with Crippen molar-refractivity contribution in [3.8, 4) is 0 Å². The number of halogens is 1. The molecular formula is C24H19FN2O3. The average Bonchev–Trinajstić information content (AvgIpc) is 3.26. The summed E-state index contributed by atoms with van der Waals surface area (Å²) in [6.07, 6.45) is -0.965. The lowest BCUT2D eigenvalue weighted by atomic mass is 9.90. The minimum Gasteiger partial charge on any atom is -0.273 e. The molecule has 0 saturated carbocycles. The number of rotatable bonds is 3. The number of carbonyl (C=O) groups excluding carboxylic acids is 2. The quantitative estimate of drug-likeness (QED) is 0.617. The zero-order valence-corrected chi connectivity index (χ0v) is 16.2. The fraction of sp³-hybridized carbons (Fsp3) is 0.167. The van der Waals surface area contributed by atoms with Gasteiger partial charge in [-0.2, -0.15) is 0 Å². The summed E-state index contributed by atoms with van der Waals surface area (Å²) in [6, 6.07) is 21.9. The first-order chi connectivity index (χ1) is 14.5. The van der Waals surface area contributed by atoms with Gasteiger partial charge in [0.05, 0.1) is 17.4 Å². The van der Waals surface area contributed by atoms with Crippen LogP contribution in [0.1, 0.15) is 17.2 Å². The molecule has 0 radical (unpaired) electrons. The summed E-state index contributed by atoms with van der Waals surface area (Å²) >= 11 is 0. The summed E-state index contributed by atoms with van der Waals surface area (Å²) in [4.78, 5) is 33.8. The number of carbonyl (C=O) groups is 2. The number of aryl methyl sites for hydroxylation is 1. The molecule has 0 N–H and O–H groups in total. The van der Waals surface area contributed by atoms with Crippen molar-refractivity contribution >= 4 is 23.2 Å². The van der Waals surface area contributed by atoms with E-state index in [4.69, 9.17) is 4.84 Å². The molecule has 3 atom stereocenters. The second-order valence-corrected chi connectivity index (χ2v) is 7.56. The first-order valence-electron chi connectivity index (χ1n) is 9.75. The lowest BCUT2D eigenvalue weighted by molar-refractivity contribution is -0.126. The summed E-state index contributed by atoms with van der Waals surface area (Å²) in [5.41, 5.74) is 2.82. The fourth-order valence-corrected chi connectivity index (χ4v) is 4.19. The maximum Gasteiger partial charge on any atom is 0.266 e. The van der Waals surface area contributed by atoms with E-state index in [1.807, 2.05) is 49.4 Å². The molecule has 5 rings (SSSR count). The smallest absolute Gasteiger partial charge is 0.266 e. The van der Waals surface area contributed by atoms with E-state index >= 15 is 0 Å². The number of amides is 2. The van der Waals surface area contributed by atoms with Gasteiger partial charge < -0.3 is 0 Å². The van der Waals surface area contributed by atoms with Crippen molar-refractivity contribution < 1.29 is 18.8 Å². The van der Waals surface area contributed by atoms with Gasteiger partial charge in [0.1, 0.15) is 11.7 Å². The van der Waals surface area contributed by atoms with E-state index in [0.717, 1.165) is 5.56 Å². The molecule has 0 bridgehead atoms. The monoisotopic (exact) mass is 402 g/mol. The van der Waals surface area contributed by atoms with E-state index in [-0.39, 0.29) is 5.91 Å². The van der Waals surface area contributed by atoms with Crippen LogP contribution in [0, 0.1) is 18.7 Å². The maximum atomic E-state index is 14.0. The highest BCUT2D eigenvalue weighted by Crippen LogP contribution is 2.47. The van der Waals surface area contributed by atoms with Gasteiger partial charge in [-0.05, 0) is 48.9 Å². The Morgan fingerprint density at radius 2 is 1.57 bits per heavy atom. The third-order valence-corrected chi connectivity index (χ3v) is 5.61. The zero-order valence-electron chi connectivity index (χ0n) is 16.2. The Bertz CT molecular complexity index is 1120. The fourth-order valence-electron chi connectivity index (χ4n) is 4.19.